The average Bonchev–Trinajstić information content (AvgIpc) is 2.92. The van der Waals surface area contributed by atoms with E-state index in [-0.39, 0.29) is 17.2 Å². The van der Waals surface area contributed by atoms with Crippen LogP contribution in [0.25, 0.3) is 0 Å². The summed E-state index contributed by atoms with van der Waals surface area (Å²) in [5.74, 6) is 0.238. The third-order valence-corrected chi connectivity index (χ3v) is 3.67. The van der Waals surface area contributed by atoms with Crippen LogP contribution in [0.15, 0.2) is 29.8 Å². The van der Waals surface area contributed by atoms with Gasteiger partial charge < -0.3 is 15.0 Å². The Morgan fingerprint density at radius 3 is 2.77 bits per heavy atom. The molecule has 1 N–H and O–H groups in total. The maximum Gasteiger partial charge on any atom is 0.387 e. The van der Waals surface area contributed by atoms with Crippen molar-refractivity contribution < 1.29 is 18.3 Å². The Morgan fingerprint density at radius 2 is 2.18 bits per heavy atom. The van der Waals surface area contributed by atoms with Crippen LogP contribution in [0.3, 0.4) is 0 Å². The molecular formula is C14H15F2N3O2S. The lowest BCUT2D eigenvalue weighted by Crippen LogP contribution is -2.23. The van der Waals surface area contributed by atoms with E-state index in [1.54, 1.807) is 6.20 Å². The molecule has 2 rings (SSSR count). The second-order valence-corrected chi connectivity index (χ2v) is 5.51. The van der Waals surface area contributed by atoms with Gasteiger partial charge >= 0.3 is 6.61 Å². The number of rotatable bonds is 6. The minimum atomic E-state index is -2.95. The standard InChI is InChI=1S/C14H15F2N3O2S/c1-19(2)11-4-3-9(7-17-11)8-18-13(20)12-10(5-6-22-12)21-14(15)16/h3-7,14H,8H2,1-2H3,(H,18,20). The first-order valence-corrected chi connectivity index (χ1v) is 7.28. The van der Waals surface area contributed by atoms with Gasteiger partial charge in [-0.2, -0.15) is 8.78 Å². The summed E-state index contributed by atoms with van der Waals surface area (Å²) in [6, 6.07) is 5.02. The first-order valence-electron chi connectivity index (χ1n) is 6.40. The van der Waals surface area contributed by atoms with Crippen molar-refractivity contribution in [2.24, 2.45) is 0 Å². The highest BCUT2D eigenvalue weighted by Gasteiger charge is 2.17. The van der Waals surface area contributed by atoms with Crippen LogP contribution in [0.4, 0.5) is 14.6 Å². The van der Waals surface area contributed by atoms with Crippen LogP contribution in [0, 0.1) is 0 Å². The number of alkyl halides is 2. The predicted molar refractivity (Wildman–Crippen MR) is 80.7 cm³/mol. The largest absolute Gasteiger partial charge is 0.433 e. The van der Waals surface area contributed by atoms with Gasteiger partial charge in [-0.05, 0) is 23.1 Å². The summed E-state index contributed by atoms with van der Waals surface area (Å²) in [7, 11) is 3.76. The number of carbonyl (C=O) groups excluding carboxylic acids is 1. The van der Waals surface area contributed by atoms with Crippen LogP contribution in [0.2, 0.25) is 0 Å². The first-order chi connectivity index (χ1) is 10.5. The molecule has 0 atom stereocenters. The highest BCUT2D eigenvalue weighted by Crippen LogP contribution is 2.26. The van der Waals surface area contributed by atoms with Crippen LogP contribution in [-0.4, -0.2) is 31.6 Å². The van der Waals surface area contributed by atoms with Gasteiger partial charge in [0.15, 0.2) is 0 Å². The van der Waals surface area contributed by atoms with Crippen LogP contribution in [-0.2, 0) is 6.54 Å². The number of thiophene rings is 1. The molecule has 0 aromatic carbocycles. The predicted octanol–water partition coefficient (Wildman–Crippen LogP) is 2.74. The van der Waals surface area contributed by atoms with Crippen molar-refractivity contribution in [1.29, 1.82) is 0 Å². The maximum absolute atomic E-state index is 12.2. The number of amides is 1. The Balaban J connectivity index is 1.96. The van der Waals surface area contributed by atoms with Gasteiger partial charge in [0.25, 0.3) is 5.91 Å². The lowest BCUT2D eigenvalue weighted by atomic mass is 10.2. The molecule has 0 radical (unpaired) electrons. The fraction of sp³-hybridized carbons (Fsp3) is 0.286. The summed E-state index contributed by atoms with van der Waals surface area (Å²) < 4.78 is 28.8. The summed E-state index contributed by atoms with van der Waals surface area (Å²) in [4.78, 5) is 18.2. The molecule has 0 bridgehead atoms. The van der Waals surface area contributed by atoms with Crippen molar-refractivity contribution in [2.45, 2.75) is 13.2 Å². The number of pyridine rings is 1. The zero-order valence-electron chi connectivity index (χ0n) is 12.0. The van der Waals surface area contributed by atoms with E-state index in [2.05, 4.69) is 15.0 Å². The Bertz CT molecular complexity index is 629. The molecule has 2 aromatic rings. The Kier molecular flexibility index (Phi) is 5.26. The van der Waals surface area contributed by atoms with Crippen molar-refractivity contribution in [3.8, 4) is 5.75 Å². The molecule has 0 saturated heterocycles. The number of hydrogen-bond acceptors (Lipinski definition) is 5. The van der Waals surface area contributed by atoms with E-state index in [9.17, 15) is 13.6 Å². The zero-order valence-corrected chi connectivity index (χ0v) is 12.9. The molecule has 1 amide bonds. The molecule has 5 nitrogen and oxygen atoms in total. The summed E-state index contributed by atoms with van der Waals surface area (Å²) in [6.07, 6.45) is 1.65. The number of aromatic nitrogens is 1. The van der Waals surface area contributed by atoms with Gasteiger partial charge in [0.05, 0.1) is 0 Å². The number of carbonyl (C=O) groups is 1. The summed E-state index contributed by atoms with van der Waals surface area (Å²) in [6.45, 7) is -2.70. The molecule has 22 heavy (non-hydrogen) atoms. The molecule has 0 unspecified atom stereocenters. The molecule has 2 aromatic heterocycles. The Labute approximate surface area is 130 Å². The summed E-state index contributed by atoms with van der Waals surface area (Å²) in [5, 5.41) is 4.18. The molecule has 0 aliphatic rings. The molecule has 0 fully saturated rings. The molecule has 2 heterocycles. The van der Waals surface area contributed by atoms with Crippen molar-refractivity contribution in [2.75, 3.05) is 19.0 Å². The summed E-state index contributed by atoms with van der Waals surface area (Å²) >= 11 is 1.05. The van der Waals surface area contributed by atoms with Gasteiger partial charge in [-0.3, -0.25) is 4.79 Å². The maximum atomic E-state index is 12.2. The lowest BCUT2D eigenvalue weighted by Gasteiger charge is -2.11. The number of halogens is 2. The van der Waals surface area contributed by atoms with Gasteiger partial charge in [0.2, 0.25) is 0 Å². The topological polar surface area (TPSA) is 54.5 Å². The van der Waals surface area contributed by atoms with Crippen LogP contribution < -0.4 is 15.0 Å². The number of hydrogen-bond donors (Lipinski definition) is 1. The third-order valence-electron chi connectivity index (χ3n) is 2.77. The van der Waals surface area contributed by atoms with Crippen molar-refractivity contribution in [3.05, 3.63) is 40.2 Å². The molecule has 0 aliphatic carbocycles. The highest BCUT2D eigenvalue weighted by molar-refractivity contribution is 7.12. The van der Waals surface area contributed by atoms with E-state index in [0.717, 1.165) is 22.7 Å². The van der Waals surface area contributed by atoms with Gasteiger partial charge in [-0.15, -0.1) is 11.3 Å². The normalized spacial score (nSPS) is 10.6. The molecule has 0 saturated carbocycles. The van der Waals surface area contributed by atoms with E-state index in [1.165, 1.54) is 11.4 Å². The van der Waals surface area contributed by atoms with E-state index in [0.29, 0.717) is 0 Å². The van der Waals surface area contributed by atoms with E-state index in [4.69, 9.17) is 0 Å². The second-order valence-electron chi connectivity index (χ2n) is 4.59. The van der Waals surface area contributed by atoms with Crippen LogP contribution in [0.5, 0.6) is 5.75 Å². The van der Waals surface area contributed by atoms with Crippen LogP contribution in [0.1, 0.15) is 15.2 Å². The monoisotopic (exact) mass is 327 g/mol. The highest BCUT2D eigenvalue weighted by atomic mass is 32.1. The van der Waals surface area contributed by atoms with Crippen molar-refractivity contribution >= 4 is 23.1 Å². The lowest BCUT2D eigenvalue weighted by molar-refractivity contribution is -0.0498. The van der Waals surface area contributed by atoms with E-state index in [1.807, 2.05) is 31.1 Å². The molecule has 118 valence electrons. The SMILES string of the molecule is CN(C)c1ccc(CNC(=O)c2sccc2OC(F)F)cn1. The van der Waals surface area contributed by atoms with Gasteiger partial charge in [-0.1, -0.05) is 6.07 Å². The number of nitrogens with zero attached hydrogens (tertiary/aromatic N) is 2. The van der Waals surface area contributed by atoms with Gasteiger partial charge in [-0.25, -0.2) is 4.98 Å². The number of anilines is 1. The second kappa shape index (κ2) is 7.17. The number of ether oxygens (including phenoxy) is 1. The van der Waals surface area contributed by atoms with Gasteiger partial charge in [0, 0.05) is 26.8 Å². The molecule has 8 heteroatoms. The molecule has 0 aliphatic heterocycles. The Hall–Kier alpha value is -2.22. The third kappa shape index (κ3) is 4.14. The molecule has 0 spiro atoms. The average molecular weight is 327 g/mol. The van der Waals surface area contributed by atoms with Crippen molar-refractivity contribution in [1.82, 2.24) is 10.3 Å². The Morgan fingerprint density at radius 1 is 1.41 bits per heavy atom. The molecular weight excluding hydrogens is 312 g/mol. The van der Waals surface area contributed by atoms with Gasteiger partial charge in [0.1, 0.15) is 16.4 Å². The smallest absolute Gasteiger partial charge is 0.387 e. The minimum absolute atomic E-state index is 0.112. The quantitative estimate of drug-likeness (QED) is 0.886. The summed E-state index contributed by atoms with van der Waals surface area (Å²) in [5.41, 5.74) is 0.812. The zero-order chi connectivity index (χ0) is 16.1. The fourth-order valence-electron chi connectivity index (χ4n) is 1.70. The van der Waals surface area contributed by atoms with E-state index >= 15 is 0 Å². The fourth-order valence-corrected chi connectivity index (χ4v) is 2.44. The number of nitrogens with one attached hydrogen (secondary N) is 1. The van der Waals surface area contributed by atoms with Crippen molar-refractivity contribution in [3.63, 3.8) is 0 Å². The van der Waals surface area contributed by atoms with E-state index < -0.39 is 12.5 Å². The minimum Gasteiger partial charge on any atom is -0.433 e. The van der Waals surface area contributed by atoms with Crippen LogP contribution >= 0.6 is 11.3 Å². The first kappa shape index (κ1) is 16.2.